The van der Waals surface area contributed by atoms with Gasteiger partial charge in [-0.2, -0.15) is 0 Å². The highest BCUT2D eigenvalue weighted by Gasteiger charge is 2.31. The first-order chi connectivity index (χ1) is 10.1. The second-order valence-corrected chi connectivity index (χ2v) is 5.39. The molecule has 0 bridgehead atoms. The van der Waals surface area contributed by atoms with Crippen LogP contribution in [0.2, 0.25) is 0 Å². The van der Waals surface area contributed by atoms with E-state index < -0.39 is 11.9 Å². The predicted molar refractivity (Wildman–Crippen MR) is 92.6 cm³/mol. The zero-order chi connectivity index (χ0) is 15.0. The number of carboxylic acids is 1. The molecule has 1 atom stereocenters. The molecule has 1 amide bonds. The first-order valence-corrected chi connectivity index (χ1v) is 6.95. The van der Waals surface area contributed by atoms with E-state index in [1.54, 1.807) is 4.90 Å². The number of likely N-dealkylation sites (tertiary alicyclic amines) is 1. The van der Waals surface area contributed by atoms with Crippen LogP contribution in [0.25, 0.3) is 10.9 Å². The topological polar surface area (TPSA) is 70.5 Å². The standard InChI is InChI=1S/C16H16N2O3.2ClH/c1-10-13(8-11-4-2-3-5-14(11)17-10)15(19)18-7-6-12(9-18)16(20)21;;/h2-5,8,12H,6-7,9H2,1H3,(H,20,21);2*1H. The summed E-state index contributed by atoms with van der Waals surface area (Å²) in [6.45, 7) is 2.58. The molecule has 2 heterocycles. The monoisotopic (exact) mass is 356 g/mol. The van der Waals surface area contributed by atoms with Gasteiger partial charge in [0.05, 0.1) is 22.7 Å². The zero-order valence-corrected chi connectivity index (χ0v) is 14.2. The van der Waals surface area contributed by atoms with Crippen LogP contribution in [-0.2, 0) is 4.79 Å². The van der Waals surface area contributed by atoms with Gasteiger partial charge in [-0.3, -0.25) is 14.6 Å². The molecule has 0 radical (unpaired) electrons. The summed E-state index contributed by atoms with van der Waals surface area (Å²) in [6.07, 6.45) is 0.515. The van der Waals surface area contributed by atoms with E-state index in [9.17, 15) is 9.59 Å². The van der Waals surface area contributed by atoms with Gasteiger partial charge in [0, 0.05) is 18.5 Å². The molecule has 3 rings (SSSR count). The zero-order valence-electron chi connectivity index (χ0n) is 12.6. The molecule has 1 saturated heterocycles. The van der Waals surface area contributed by atoms with Crippen molar-refractivity contribution in [1.82, 2.24) is 9.88 Å². The Bertz CT molecular complexity index is 736. The molecule has 7 heteroatoms. The second-order valence-electron chi connectivity index (χ2n) is 5.39. The maximum absolute atomic E-state index is 12.6. The van der Waals surface area contributed by atoms with Crippen molar-refractivity contribution < 1.29 is 14.7 Å². The van der Waals surface area contributed by atoms with Gasteiger partial charge in [0.25, 0.3) is 5.91 Å². The summed E-state index contributed by atoms with van der Waals surface area (Å²) >= 11 is 0. The van der Waals surface area contributed by atoms with Crippen molar-refractivity contribution in [2.45, 2.75) is 13.3 Å². The summed E-state index contributed by atoms with van der Waals surface area (Å²) in [6, 6.07) is 9.49. The molecule has 23 heavy (non-hydrogen) atoms. The molecule has 0 spiro atoms. The van der Waals surface area contributed by atoms with E-state index in [2.05, 4.69) is 4.98 Å². The molecular weight excluding hydrogens is 339 g/mol. The van der Waals surface area contributed by atoms with Gasteiger partial charge >= 0.3 is 5.97 Å². The van der Waals surface area contributed by atoms with Gasteiger partial charge in [-0.1, -0.05) is 18.2 Å². The number of carbonyl (C=O) groups excluding carboxylic acids is 1. The van der Waals surface area contributed by atoms with E-state index in [4.69, 9.17) is 5.11 Å². The van der Waals surface area contributed by atoms with E-state index in [-0.39, 0.29) is 37.3 Å². The van der Waals surface area contributed by atoms with Crippen molar-refractivity contribution >= 4 is 47.6 Å². The van der Waals surface area contributed by atoms with Gasteiger partial charge in [-0.25, -0.2) is 0 Å². The van der Waals surface area contributed by atoms with E-state index in [0.29, 0.717) is 24.2 Å². The van der Waals surface area contributed by atoms with Gasteiger partial charge in [0.1, 0.15) is 0 Å². The smallest absolute Gasteiger partial charge is 0.308 e. The van der Waals surface area contributed by atoms with E-state index in [1.165, 1.54) is 0 Å². The summed E-state index contributed by atoms with van der Waals surface area (Å²) in [5.74, 6) is -1.42. The molecule has 0 saturated carbocycles. The normalized spacial score (nSPS) is 16.6. The lowest BCUT2D eigenvalue weighted by Crippen LogP contribution is -2.30. The maximum atomic E-state index is 12.6. The Morgan fingerprint density at radius 3 is 2.61 bits per heavy atom. The largest absolute Gasteiger partial charge is 0.481 e. The van der Waals surface area contributed by atoms with E-state index in [1.807, 2.05) is 37.3 Å². The number of para-hydroxylation sites is 1. The van der Waals surface area contributed by atoms with Crippen LogP contribution in [0, 0.1) is 12.8 Å². The summed E-state index contributed by atoms with van der Waals surface area (Å²) < 4.78 is 0. The number of aryl methyl sites for hydroxylation is 1. The fraction of sp³-hybridized carbons (Fsp3) is 0.312. The first-order valence-electron chi connectivity index (χ1n) is 6.95. The predicted octanol–water partition coefficient (Wildman–Crippen LogP) is 2.93. The number of aromatic nitrogens is 1. The van der Waals surface area contributed by atoms with Gasteiger partial charge in [-0.05, 0) is 25.5 Å². The minimum atomic E-state index is -0.835. The Hall–Kier alpha value is -1.85. The maximum Gasteiger partial charge on any atom is 0.308 e. The molecular formula is C16H18Cl2N2O3. The minimum Gasteiger partial charge on any atom is -0.481 e. The number of hydrogen-bond donors (Lipinski definition) is 1. The van der Waals surface area contributed by atoms with Crippen LogP contribution < -0.4 is 0 Å². The molecule has 1 aromatic carbocycles. The SMILES string of the molecule is Cc1nc2ccccc2cc1C(=O)N1CCC(C(=O)O)C1.Cl.Cl. The molecule has 1 aliphatic heterocycles. The number of hydrogen-bond acceptors (Lipinski definition) is 3. The molecule has 2 aromatic rings. The number of carboxylic acid groups (broad SMARTS) is 1. The van der Waals surface area contributed by atoms with Crippen molar-refractivity contribution in [3.63, 3.8) is 0 Å². The third kappa shape index (κ3) is 3.74. The fourth-order valence-corrected chi connectivity index (χ4v) is 2.75. The van der Waals surface area contributed by atoms with Crippen LogP contribution in [0.4, 0.5) is 0 Å². The Labute approximate surface area is 146 Å². The number of amides is 1. The summed E-state index contributed by atoms with van der Waals surface area (Å²) in [7, 11) is 0. The third-order valence-corrected chi connectivity index (χ3v) is 3.97. The molecule has 1 aromatic heterocycles. The lowest BCUT2D eigenvalue weighted by Gasteiger charge is -2.17. The Morgan fingerprint density at radius 2 is 1.96 bits per heavy atom. The van der Waals surface area contributed by atoms with E-state index in [0.717, 1.165) is 10.9 Å². The van der Waals surface area contributed by atoms with E-state index >= 15 is 0 Å². The minimum absolute atomic E-state index is 0. The highest BCUT2D eigenvalue weighted by Crippen LogP contribution is 2.22. The van der Waals surface area contributed by atoms with Gasteiger partial charge in [0.15, 0.2) is 0 Å². The number of rotatable bonds is 2. The van der Waals surface area contributed by atoms with Crippen LogP contribution in [0.15, 0.2) is 30.3 Å². The summed E-state index contributed by atoms with van der Waals surface area (Å²) in [5.41, 5.74) is 2.09. The van der Waals surface area contributed by atoms with Gasteiger partial charge in [0.2, 0.25) is 0 Å². The lowest BCUT2D eigenvalue weighted by atomic mass is 10.1. The quantitative estimate of drug-likeness (QED) is 0.897. The van der Waals surface area contributed by atoms with Gasteiger partial charge in [-0.15, -0.1) is 24.8 Å². The fourth-order valence-electron chi connectivity index (χ4n) is 2.75. The highest BCUT2D eigenvalue weighted by atomic mass is 35.5. The summed E-state index contributed by atoms with van der Waals surface area (Å²) in [4.78, 5) is 29.6. The lowest BCUT2D eigenvalue weighted by molar-refractivity contribution is -0.141. The van der Waals surface area contributed by atoms with Crippen LogP contribution in [0.3, 0.4) is 0 Å². The summed E-state index contributed by atoms with van der Waals surface area (Å²) in [5, 5.41) is 9.95. The van der Waals surface area contributed by atoms with Crippen LogP contribution in [0.5, 0.6) is 0 Å². The van der Waals surface area contributed by atoms with Crippen LogP contribution >= 0.6 is 24.8 Å². The average molecular weight is 357 g/mol. The molecule has 5 nitrogen and oxygen atoms in total. The molecule has 1 fully saturated rings. The molecule has 0 aliphatic carbocycles. The highest BCUT2D eigenvalue weighted by molar-refractivity contribution is 5.99. The second kappa shape index (κ2) is 7.62. The number of nitrogens with zero attached hydrogens (tertiary/aromatic N) is 2. The average Bonchev–Trinajstić information content (AvgIpc) is 2.96. The van der Waals surface area contributed by atoms with Crippen molar-refractivity contribution in [1.29, 1.82) is 0 Å². The van der Waals surface area contributed by atoms with Crippen molar-refractivity contribution in [3.8, 4) is 0 Å². The van der Waals surface area contributed by atoms with Crippen molar-refractivity contribution in [2.24, 2.45) is 5.92 Å². The molecule has 1 aliphatic rings. The van der Waals surface area contributed by atoms with Crippen molar-refractivity contribution in [2.75, 3.05) is 13.1 Å². The Balaban J connectivity index is 0.00000132. The van der Waals surface area contributed by atoms with Crippen LogP contribution in [-0.4, -0.2) is 40.0 Å². The van der Waals surface area contributed by atoms with Crippen molar-refractivity contribution in [3.05, 3.63) is 41.6 Å². The number of aliphatic carboxylic acids is 1. The number of fused-ring (bicyclic) bond motifs is 1. The number of carbonyl (C=O) groups is 2. The molecule has 124 valence electrons. The number of benzene rings is 1. The number of halogens is 2. The Kier molecular flexibility index (Phi) is 6.36. The van der Waals surface area contributed by atoms with Gasteiger partial charge < -0.3 is 10.0 Å². The molecule has 1 unspecified atom stereocenters. The third-order valence-electron chi connectivity index (χ3n) is 3.97. The van der Waals surface area contributed by atoms with Crippen LogP contribution in [0.1, 0.15) is 22.5 Å². The first kappa shape index (κ1) is 19.2. The molecule has 1 N–H and O–H groups in total. The Morgan fingerprint density at radius 1 is 1.26 bits per heavy atom. The number of pyridine rings is 1.